The summed E-state index contributed by atoms with van der Waals surface area (Å²) >= 11 is 0. The Bertz CT molecular complexity index is 761. The standard InChI is InChI=1S/C18H24N2O5S/c21-17(19-15-7-3-14(4-8-15)18(22)23)13-5-9-16(10-6-13)26(24,25)20-11-1-2-12-20/h5-6,9-10,14-15H,1-4,7-8,11-12H2,(H,19,21)(H,22,23). The number of carboxylic acids is 1. The monoisotopic (exact) mass is 380 g/mol. The van der Waals surface area contributed by atoms with Crippen molar-refractivity contribution in [2.24, 2.45) is 5.92 Å². The predicted molar refractivity (Wildman–Crippen MR) is 95.3 cm³/mol. The molecule has 0 atom stereocenters. The molecule has 2 fully saturated rings. The molecule has 1 heterocycles. The van der Waals surface area contributed by atoms with Crippen LogP contribution in [0.3, 0.4) is 0 Å². The fourth-order valence-corrected chi connectivity index (χ4v) is 5.13. The zero-order chi connectivity index (χ0) is 18.7. The van der Waals surface area contributed by atoms with Crippen molar-refractivity contribution in [3.8, 4) is 0 Å². The molecular formula is C18H24N2O5S. The van der Waals surface area contributed by atoms with Gasteiger partial charge in [0.1, 0.15) is 0 Å². The molecule has 0 bridgehead atoms. The molecule has 0 aromatic heterocycles. The number of nitrogens with one attached hydrogen (secondary N) is 1. The van der Waals surface area contributed by atoms with Gasteiger partial charge in [0, 0.05) is 24.7 Å². The van der Waals surface area contributed by atoms with Crippen molar-refractivity contribution in [1.82, 2.24) is 9.62 Å². The highest BCUT2D eigenvalue weighted by atomic mass is 32.2. The molecule has 142 valence electrons. The Labute approximate surface area is 153 Å². The quantitative estimate of drug-likeness (QED) is 0.811. The minimum absolute atomic E-state index is 0.0360. The molecule has 0 radical (unpaired) electrons. The highest BCUT2D eigenvalue weighted by molar-refractivity contribution is 7.89. The average molecular weight is 380 g/mol. The number of carboxylic acid groups (broad SMARTS) is 1. The van der Waals surface area contributed by atoms with Crippen molar-refractivity contribution in [1.29, 1.82) is 0 Å². The molecule has 1 aromatic rings. The molecule has 0 unspecified atom stereocenters. The van der Waals surface area contributed by atoms with Crippen LogP contribution in [0.1, 0.15) is 48.9 Å². The van der Waals surface area contributed by atoms with E-state index in [0.717, 1.165) is 12.8 Å². The van der Waals surface area contributed by atoms with E-state index in [1.54, 1.807) is 0 Å². The van der Waals surface area contributed by atoms with Crippen LogP contribution in [0.15, 0.2) is 29.2 Å². The van der Waals surface area contributed by atoms with E-state index in [4.69, 9.17) is 5.11 Å². The number of rotatable bonds is 5. The van der Waals surface area contributed by atoms with Gasteiger partial charge in [-0.3, -0.25) is 9.59 Å². The Balaban J connectivity index is 1.60. The van der Waals surface area contributed by atoms with Gasteiger partial charge < -0.3 is 10.4 Å². The van der Waals surface area contributed by atoms with Gasteiger partial charge in [-0.15, -0.1) is 0 Å². The zero-order valence-electron chi connectivity index (χ0n) is 14.6. The zero-order valence-corrected chi connectivity index (χ0v) is 15.4. The number of aliphatic carboxylic acids is 1. The third kappa shape index (κ3) is 4.07. The fourth-order valence-electron chi connectivity index (χ4n) is 3.61. The van der Waals surface area contributed by atoms with Gasteiger partial charge in [0.05, 0.1) is 10.8 Å². The molecule has 1 saturated heterocycles. The van der Waals surface area contributed by atoms with Crippen molar-refractivity contribution in [2.45, 2.75) is 49.5 Å². The number of hydrogen-bond acceptors (Lipinski definition) is 4. The second kappa shape index (κ2) is 7.75. The normalized spacial score (nSPS) is 24.3. The summed E-state index contributed by atoms with van der Waals surface area (Å²) in [6, 6.07) is 5.97. The van der Waals surface area contributed by atoms with Crippen LogP contribution in [-0.2, 0) is 14.8 Å². The molecule has 7 nitrogen and oxygen atoms in total. The van der Waals surface area contributed by atoms with Crippen LogP contribution in [0.2, 0.25) is 0 Å². The van der Waals surface area contributed by atoms with Crippen LogP contribution in [0.4, 0.5) is 0 Å². The summed E-state index contributed by atoms with van der Waals surface area (Å²) in [5, 5.41) is 11.9. The molecule has 26 heavy (non-hydrogen) atoms. The third-order valence-electron chi connectivity index (χ3n) is 5.23. The Morgan fingerprint density at radius 2 is 1.58 bits per heavy atom. The van der Waals surface area contributed by atoms with Crippen molar-refractivity contribution < 1.29 is 23.1 Å². The molecule has 0 spiro atoms. The van der Waals surface area contributed by atoms with E-state index in [1.807, 2.05) is 0 Å². The molecule has 1 saturated carbocycles. The summed E-state index contributed by atoms with van der Waals surface area (Å²) in [7, 11) is -3.48. The number of carbonyl (C=O) groups excluding carboxylic acids is 1. The van der Waals surface area contributed by atoms with Crippen molar-refractivity contribution in [3.63, 3.8) is 0 Å². The summed E-state index contributed by atoms with van der Waals surface area (Å²) in [6.45, 7) is 1.09. The number of nitrogens with zero attached hydrogens (tertiary/aromatic N) is 1. The molecule has 1 aliphatic carbocycles. The lowest BCUT2D eigenvalue weighted by atomic mass is 9.86. The summed E-state index contributed by atoms with van der Waals surface area (Å²) < 4.78 is 26.5. The van der Waals surface area contributed by atoms with Gasteiger partial charge >= 0.3 is 5.97 Å². The van der Waals surface area contributed by atoms with Crippen LogP contribution in [0.5, 0.6) is 0 Å². The number of amides is 1. The van der Waals surface area contributed by atoms with E-state index in [2.05, 4.69) is 5.32 Å². The third-order valence-corrected chi connectivity index (χ3v) is 7.14. The maximum atomic E-state index is 12.5. The van der Waals surface area contributed by atoms with Crippen molar-refractivity contribution >= 4 is 21.9 Å². The molecule has 3 rings (SSSR count). The summed E-state index contributed by atoms with van der Waals surface area (Å²) in [5.41, 5.74) is 0.408. The van der Waals surface area contributed by atoms with E-state index in [0.29, 0.717) is 44.3 Å². The molecule has 2 aliphatic rings. The van der Waals surface area contributed by atoms with E-state index < -0.39 is 16.0 Å². The van der Waals surface area contributed by atoms with Crippen LogP contribution in [0, 0.1) is 5.92 Å². The van der Waals surface area contributed by atoms with Crippen LogP contribution in [0.25, 0.3) is 0 Å². The SMILES string of the molecule is O=C(NC1CCC(C(=O)O)CC1)c1ccc(S(=O)(=O)N2CCCC2)cc1. The Morgan fingerprint density at radius 3 is 2.12 bits per heavy atom. The highest BCUT2D eigenvalue weighted by Crippen LogP contribution is 2.25. The van der Waals surface area contributed by atoms with E-state index in [1.165, 1.54) is 28.6 Å². The average Bonchev–Trinajstić information content (AvgIpc) is 3.18. The Morgan fingerprint density at radius 1 is 1.00 bits per heavy atom. The highest BCUT2D eigenvalue weighted by Gasteiger charge is 2.28. The maximum absolute atomic E-state index is 12.5. The Hall–Kier alpha value is -1.93. The maximum Gasteiger partial charge on any atom is 0.306 e. The predicted octanol–water partition coefficient (Wildman–Crippen LogP) is 1.84. The molecule has 1 aromatic carbocycles. The smallest absolute Gasteiger partial charge is 0.306 e. The lowest BCUT2D eigenvalue weighted by Crippen LogP contribution is -2.38. The first-order valence-electron chi connectivity index (χ1n) is 9.02. The van der Waals surface area contributed by atoms with Crippen LogP contribution >= 0.6 is 0 Å². The second-order valence-electron chi connectivity index (χ2n) is 7.00. The van der Waals surface area contributed by atoms with E-state index in [9.17, 15) is 18.0 Å². The minimum Gasteiger partial charge on any atom is -0.481 e. The largest absolute Gasteiger partial charge is 0.481 e. The fraction of sp³-hybridized carbons (Fsp3) is 0.556. The van der Waals surface area contributed by atoms with E-state index in [-0.39, 0.29) is 22.8 Å². The molecule has 1 amide bonds. The summed E-state index contributed by atoms with van der Waals surface area (Å²) in [5.74, 6) is -1.35. The number of sulfonamides is 1. The molecule has 2 N–H and O–H groups in total. The second-order valence-corrected chi connectivity index (χ2v) is 8.93. The van der Waals surface area contributed by atoms with Gasteiger partial charge in [-0.25, -0.2) is 8.42 Å². The van der Waals surface area contributed by atoms with Crippen LogP contribution in [-0.4, -0.2) is 48.8 Å². The molecule has 8 heteroatoms. The van der Waals surface area contributed by atoms with Gasteiger partial charge in [0.2, 0.25) is 10.0 Å². The lowest BCUT2D eigenvalue weighted by Gasteiger charge is -2.26. The topological polar surface area (TPSA) is 104 Å². The summed E-state index contributed by atoms with van der Waals surface area (Å²) in [4.78, 5) is 23.5. The van der Waals surface area contributed by atoms with Crippen LogP contribution < -0.4 is 5.32 Å². The number of benzene rings is 1. The van der Waals surface area contributed by atoms with Crippen molar-refractivity contribution in [2.75, 3.05) is 13.1 Å². The lowest BCUT2D eigenvalue weighted by molar-refractivity contribution is -0.142. The first-order valence-corrected chi connectivity index (χ1v) is 10.5. The van der Waals surface area contributed by atoms with E-state index >= 15 is 0 Å². The van der Waals surface area contributed by atoms with Gasteiger partial charge in [-0.2, -0.15) is 4.31 Å². The number of hydrogen-bond donors (Lipinski definition) is 2. The minimum atomic E-state index is -3.48. The first kappa shape index (κ1) is 18.8. The number of carbonyl (C=O) groups is 2. The molecular weight excluding hydrogens is 356 g/mol. The van der Waals surface area contributed by atoms with Gasteiger partial charge in [-0.05, 0) is 62.8 Å². The van der Waals surface area contributed by atoms with Gasteiger partial charge in [0.15, 0.2) is 0 Å². The first-order chi connectivity index (χ1) is 12.4. The van der Waals surface area contributed by atoms with Gasteiger partial charge in [-0.1, -0.05) is 0 Å². The summed E-state index contributed by atoms with van der Waals surface area (Å²) in [6.07, 6.45) is 4.17. The Kier molecular flexibility index (Phi) is 5.62. The molecule has 1 aliphatic heterocycles. The van der Waals surface area contributed by atoms with Gasteiger partial charge in [0.25, 0.3) is 5.91 Å². The van der Waals surface area contributed by atoms with Crippen molar-refractivity contribution in [3.05, 3.63) is 29.8 Å².